The molecule has 0 fully saturated rings. The first-order chi connectivity index (χ1) is 3.72. The van der Waals surface area contributed by atoms with Gasteiger partial charge in [-0.15, -0.1) is 0 Å². The molecule has 0 spiro atoms. The van der Waals surface area contributed by atoms with E-state index >= 15 is 0 Å². The van der Waals surface area contributed by atoms with E-state index in [1.807, 2.05) is 14.0 Å². The van der Waals surface area contributed by atoms with E-state index in [-0.39, 0.29) is 0 Å². The van der Waals surface area contributed by atoms with Gasteiger partial charge in [0, 0.05) is 0 Å². The molecule has 0 unspecified atom stereocenters. The van der Waals surface area contributed by atoms with E-state index in [4.69, 9.17) is 0 Å². The summed E-state index contributed by atoms with van der Waals surface area (Å²) in [7, 11) is 1.85. The second-order valence-electron chi connectivity index (χ2n) is 1.78. The normalized spacial score (nSPS) is 14.4. The fourth-order valence-corrected chi connectivity index (χ4v) is 0.991. The van der Waals surface area contributed by atoms with Crippen LogP contribution in [0.1, 0.15) is 13.8 Å². The molecule has 0 saturated heterocycles. The van der Waals surface area contributed by atoms with E-state index in [0.29, 0.717) is 0 Å². The topological polar surface area (TPSA) is 12.4 Å². The average molecular weight is 168 g/mol. The molecular formula is C6H12GaN. The molecule has 0 radical (unpaired) electrons. The summed E-state index contributed by atoms with van der Waals surface area (Å²) in [6.07, 6.45) is 2.10. The number of nitrogens with zero attached hydrogens (tertiary/aromatic N) is 1. The van der Waals surface area contributed by atoms with Crippen LogP contribution in [0.15, 0.2) is 16.6 Å². The summed E-state index contributed by atoms with van der Waals surface area (Å²) in [5, 5.41) is 0. The second-order valence-corrected chi connectivity index (χ2v) is 3.77. The van der Waals surface area contributed by atoms with Crippen molar-refractivity contribution in [2.75, 3.05) is 7.05 Å². The Kier molecular flexibility index (Phi) is 4.00. The van der Waals surface area contributed by atoms with Gasteiger partial charge in [0.05, 0.1) is 0 Å². The van der Waals surface area contributed by atoms with E-state index in [0.717, 1.165) is 18.6 Å². The first-order valence-corrected chi connectivity index (χ1v) is 4.88. The van der Waals surface area contributed by atoms with Crippen molar-refractivity contribution in [2.45, 2.75) is 13.8 Å². The monoisotopic (exact) mass is 167 g/mol. The van der Waals surface area contributed by atoms with Gasteiger partial charge in [0.25, 0.3) is 0 Å². The Bertz CT molecular complexity index is 108. The number of rotatable bonds is 1. The average Bonchev–Trinajstić information content (AvgIpc) is 1.84. The fraction of sp³-hybridized carbons (Fsp3) is 0.500. The molecule has 0 N–H and O–H groups in total. The maximum absolute atomic E-state index is 4.09. The molecule has 0 aliphatic carbocycles. The third-order valence-corrected chi connectivity index (χ3v) is 3.93. The van der Waals surface area contributed by atoms with Crippen molar-refractivity contribution in [1.82, 2.24) is 0 Å². The van der Waals surface area contributed by atoms with E-state index in [1.54, 1.807) is 0 Å². The number of hydrogen-bond donors (Lipinski definition) is 0. The summed E-state index contributed by atoms with van der Waals surface area (Å²) in [6, 6.07) is 0. The van der Waals surface area contributed by atoms with Crippen molar-refractivity contribution in [1.29, 1.82) is 0 Å². The van der Waals surface area contributed by atoms with Crippen LogP contribution >= 0.6 is 0 Å². The Morgan fingerprint density at radius 1 is 1.62 bits per heavy atom. The third-order valence-electron chi connectivity index (χ3n) is 1.34. The van der Waals surface area contributed by atoms with E-state index in [1.165, 1.54) is 9.84 Å². The molecule has 0 aromatic heterocycles. The van der Waals surface area contributed by atoms with Gasteiger partial charge in [-0.1, -0.05) is 0 Å². The number of hydrogen-bond acceptors (Lipinski definition) is 1. The van der Waals surface area contributed by atoms with Crippen molar-refractivity contribution < 1.29 is 0 Å². The number of aliphatic imine (C=N–C) groups is 1. The Morgan fingerprint density at radius 2 is 2.12 bits per heavy atom. The molecule has 2 heteroatoms. The van der Waals surface area contributed by atoms with Crippen LogP contribution in [0.2, 0.25) is 0 Å². The van der Waals surface area contributed by atoms with Crippen molar-refractivity contribution in [3.63, 3.8) is 0 Å². The SMILES string of the molecule is CC=C(C)[C]([GaH2])=NC. The molecule has 1 nitrogen and oxygen atoms in total. The summed E-state index contributed by atoms with van der Waals surface area (Å²) in [6.45, 7) is 4.15. The van der Waals surface area contributed by atoms with Gasteiger partial charge < -0.3 is 0 Å². The third kappa shape index (κ3) is 2.38. The maximum atomic E-state index is 4.09. The number of allylic oxidation sites excluding steroid dienone is 2. The predicted octanol–water partition coefficient (Wildman–Crippen LogP) is 0.614. The fourth-order valence-electron chi connectivity index (χ4n) is 0.385. The zero-order chi connectivity index (χ0) is 6.57. The summed E-state index contributed by atoms with van der Waals surface area (Å²) in [4.78, 5) is 4.09. The molecule has 0 bridgehead atoms. The van der Waals surface area contributed by atoms with Crippen LogP contribution in [-0.4, -0.2) is 29.9 Å². The molecule has 0 aromatic carbocycles. The summed E-state index contributed by atoms with van der Waals surface area (Å²) in [5.41, 5.74) is 1.34. The van der Waals surface area contributed by atoms with Crippen molar-refractivity contribution in [3.05, 3.63) is 11.6 Å². The van der Waals surface area contributed by atoms with Gasteiger partial charge in [0.1, 0.15) is 0 Å². The minimum atomic E-state index is 0.734. The van der Waals surface area contributed by atoms with E-state index in [9.17, 15) is 0 Å². The Balaban J connectivity index is 4.04. The first-order valence-electron chi connectivity index (χ1n) is 2.79. The van der Waals surface area contributed by atoms with Gasteiger partial charge in [-0.05, 0) is 0 Å². The van der Waals surface area contributed by atoms with Crippen LogP contribution in [0.5, 0.6) is 0 Å². The van der Waals surface area contributed by atoms with Crippen molar-refractivity contribution in [3.8, 4) is 0 Å². The molecule has 0 atom stereocenters. The molecule has 0 aromatic rings. The minimum absolute atomic E-state index is 0.734. The molecular weight excluding hydrogens is 156 g/mol. The standard InChI is InChI=1S/C6H10N.Ga.2H/c1-4-6(2)5-7-3;;;/h4H,1-3H3;;;. The van der Waals surface area contributed by atoms with Gasteiger partial charge in [0.15, 0.2) is 0 Å². The summed E-state index contributed by atoms with van der Waals surface area (Å²) < 4.78 is 1.31. The van der Waals surface area contributed by atoms with Crippen molar-refractivity contribution >= 4 is 22.9 Å². The molecule has 0 heterocycles. The van der Waals surface area contributed by atoms with Gasteiger partial charge in [0.2, 0.25) is 0 Å². The zero-order valence-corrected chi connectivity index (χ0v) is 10.2. The van der Waals surface area contributed by atoms with Crippen LogP contribution in [0.3, 0.4) is 0 Å². The summed E-state index contributed by atoms with van der Waals surface area (Å²) in [5.74, 6) is 0. The van der Waals surface area contributed by atoms with Crippen LogP contribution in [0.4, 0.5) is 0 Å². The van der Waals surface area contributed by atoms with Crippen molar-refractivity contribution in [2.24, 2.45) is 4.99 Å². The Hall–Kier alpha value is 0.0464. The van der Waals surface area contributed by atoms with Crippen LogP contribution < -0.4 is 0 Å². The van der Waals surface area contributed by atoms with Crippen LogP contribution in [0.25, 0.3) is 0 Å². The predicted molar refractivity (Wildman–Crippen MR) is 41.3 cm³/mol. The second kappa shape index (κ2) is 3.98. The van der Waals surface area contributed by atoms with Crippen LogP contribution in [-0.2, 0) is 0 Å². The van der Waals surface area contributed by atoms with E-state index < -0.39 is 0 Å². The molecule has 0 rings (SSSR count). The van der Waals surface area contributed by atoms with Gasteiger partial charge in [-0.25, -0.2) is 0 Å². The zero-order valence-electron chi connectivity index (χ0n) is 6.02. The van der Waals surface area contributed by atoms with Gasteiger partial charge >= 0.3 is 60.4 Å². The Morgan fingerprint density at radius 3 is 2.25 bits per heavy atom. The molecule has 0 amide bonds. The van der Waals surface area contributed by atoms with Crippen LogP contribution in [0, 0.1) is 0 Å². The molecule has 0 aliphatic rings. The molecule has 8 heavy (non-hydrogen) atoms. The van der Waals surface area contributed by atoms with Gasteiger partial charge in [-0.3, -0.25) is 0 Å². The molecule has 0 aliphatic heterocycles. The summed E-state index contributed by atoms with van der Waals surface area (Å²) >= 11 is 0.734. The molecule has 0 saturated carbocycles. The molecule has 44 valence electrons. The van der Waals surface area contributed by atoms with Gasteiger partial charge in [-0.2, -0.15) is 0 Å². The van der Waals surface area contributed by atoms with E-state index in [2.05, 4.69) is 18.0 Å². The quantitative estimate of drug-likeness (QED) is 0.401. The Labute approximate surface area is 60.8 Å². The first kappa shape index (κ1) is 8.05.